The number of methoxy groups -OCH3 is 1. The van der Waals surface area contributed by atoms with Gasteiger partial charge in [0, 0.05) is 35.2 Å². The summed E-state index contributed by atoms with van der Waals surface area (Å²) < 4.78 is 33.6. The second kappa shape index (κ2) is 13.2. The minimum atomic E-state index is -4.14. The minimum absolute atomic E-state index is 0.0762. The van der Waals surface area contributed by atoms with Crippen molar-refractivity contribution in [3.8, 4) is 5.75 Å². The Morgan fingerprint density at radius 3 is 2.07 bits per heavy atom. The Bertz CT molecular complexity index is 1800. The molecule has 1 saturated heterocycles. The highest BCUT2D eigenvalue weighted by molar-refractivity contribution is 7.88. The lowest BCUT2D eigenvalue weighted by Gasteiger charge is -2.29. The van der Waals surface area contributed by atoms with E-state index in [4.69, 9.17) is 16.3 Å². The maximum atomic E-state index is 14.4. The summed E-state index contributed by atoms with van der Waals surface area (Å²) in [7, 11) is -2.60. The number of ether oxygens (including phenoxy) is 1. The number of nitrogens with zero attached hydrogens (tertiary/aromatic N) is 2. The molecule has 1 heterocycles. The van der Waals surface area contributed by atoms with Gasteiger partial charge >= 0.3 is 0 Å². The first-order valence-corrected chi connectivity index (χ1v) is 16.2. The van der Waals surface area contributed by atoms with E-state index in [-0.39, 0.29) is 18.0 Å². The number of amides is 1. The van der Waals surface area contributed by atoms with Crippen LogP contribution in [0.25, 0.3) is 0 Å². The fraction of sp³-hybridized carbons (Fsp3) is 0.212. The highest BCUT2D eigenvalue weighted by Crippen LogP contribution is 2.52. The molecular formula is C33H30ClN3O7S. The lowest BCUT2D eigenvalue weighted by atomic mass is 9.76. The van der Waals surface area contributed by atoms with E-state index >= 15 is 0 Å². The van der Waals surface area contributed by atoms with E-state index in [0.717, 1.165) is 16.1 Å². The molecule has 10 nitrogen and oxygen atoms in total. The Labute approximate surface area is 265 Å². The third kappa shape index (κ3) is 6.75. The summed E-state index contributed by atoms with van der Waals surface area (Å²) in [5, 5.41) is 14.7. The molecule has 1 aliphatic rings. The third-order valence-electron chi connectivity index (χ3n) is 7.95. The van der Waals surface area contributed by atoms with Gasteiger partial charge in [-0.15, -0.1) is 0 Å². The van der Waals surface area contributed by atoms with Crippen LogP contribution in [0.5, 0.6) is 5.75 Å². The van der Waals surface area contributed by atoms with Crippen molar-refractivity contribution >= 4 is 39.0 Å². The van der Waals surface area contributed by atoms with Crippen LogP contribution in [-0.4, -0.2) is 48.7 Å². The smallest absolute Gasteiger partial charge is 0.269 e. The summed E-state index contributed by atoms with van der Waals surface area (Å²) in [6.45, 7) is 0.0762. The molecule has 0 aliphatic carbocycles. The predicted octanol–water partition coefficient (Wildman–Crippen LogP) is 5.54. The molecule has 0 bridgehead atoms. The Hall–Kier alpha value is -4.58. The van der Waals surface area contributed by atoms with Crippen molar-refractivity contribution in [2.24, 2.45) is 5.92 Å². The maximum Gasteiger partial charge on any atom is 0.269 e. The van der Waals surface area contributed by atoms with Crippen molar-refractivity contribution < 1.29 is 27.7 Å². The molecule has 0 radical (unpaired) electrons. The first kappa shape index (κ1) is 31.8. The molecule has 1 aliphatic heterocycles. The van der Waals surface area contributed by atoms with Crippen molar-refractivity contribution in [3.63, 3.8) is 0 Å². The number of rotatable bonds is 10. The van der Waals surface area contributed by atoms with Gasteiger partial charge in [-0.05, 0) is 41.0 Å². The quantitative estimate of drug-likeness (QED) is 0.136. The van der Waals surface area contributed by atoms with Crippen LogP contribution in [0.1, 0.15) is 39.0 Å². The van der Waals surface area contributed by atoms with Gasteiger partial charge in [-0.25, -0.2) is 8.42 Å². The number of ketones is 1. The number of Topliss-reactive ketones (excluding diaryl/α,β-unsaturated/α-hetero) is 1. The van der Waals surface area contributed by atoms with Crippen molar-refractivity contribution in [3.05, 3.63) is 141 Å². The molecule has 1 N–H and O–H groups in total. The summed E-state index contributed by atoms with van der Waals surface area (Å²) in [5.41, 5.74) is 1.77. The SMILES string of the molecule is COc1ccc(CNC(=O)C2C(c3ccc([N+](=O)[O-])cc3)C(C(=O)c3ccccc3)C(c3ccc(Cl)cc3)N2S(C)(=O)=O)cc1. The summed E-state index contributed by atoms with van der Waals surface area (Å²) in [5.74, 6) is -2.46. The average Bonchev–Trinajstić information content (AvgIpc) is 3.41. The van der Waals surface area contributed by atoms with Crippen LogP contribution in [0, 0.1) is 16.0 Å². The van der Waals surface area contributed by atoms with E-state index in [1.165, 1.54) is 24.3 Å². The number of benzene rings is 4. The van der Waals surface area contributed by atoms with Gasteiger partial charge in [0.05, 0.1) is 30.2 Å². The number of carbonyl (C=O) groups is 2. The van der Waals surface area contributed by atoms with Crippen molar-refractivity contribution in [2.45, 2.75) is 24.5 Å². The van der Waals surface area contributed by atoms with E-state index in [0.29, 0.717) is 27.5 Å². The van der Waals surface area contributed by atoms with E-state index in [9.17, 15) is 28.1 Å². The van der Waals surface area contributed by atoms with E-state index < -0.39 is 44.8 Å². The van der Waals surface area contributed by atoms with E-state index in [1.807, 2.05) is 0 Å². The maximum absolute atomic E-state index is 14.4. The Morgan fingerprint density at radius 2 is 1.51 bits per heavy atom. The number of hydrogen-bond donors (Lipinski definition) is 1. The largest absolute Gasteiger partial charge is 0.497 e. The second-order valence-corrected chi connectivity index (χ2v) is 13.1. The molecule has 4 aromatic carbocycles. The van der Waals surface area contributed by atoms with Gasteiger partial charge in [0.25, 0.3) is 5.69 Å². The van der Waals surface area contributed by atoms with Crippen LogP contribution < -0.4 is 10.1 Å². The number of halogens is 1. The minimum Gasteiger partial charge on any atom is -0.497 e. The molecule has 4 atom stereocenters. The Balaban J connectivity index is 1.69. The number of carbonyl (C=O) groups excluding carboxylic acids is 2. The van der Waals surface area contributed by atoms with Crippen molar-refractivity contribution in [2.75, 3.05) is 13.4 Å². The molecule has 0 saturated carbocycles. The molecule has 12 heteroatoms. The normalized spacial score (nSPS) is 20.0. The molecule has 0 spiro atoms. The number of nitro benzene ring substituents is 1. The molecule has 1 fully saturated rings. The van der Waals surface area contributed by atoms with Crippen LogP contribution in [0.2, 0.25) is 5.02 Å². The van der Waals surface area contributed by atoms with Gasteiger partial charge in [-0.3, -0.25) is 19.7 Å². The van der Waals surface area contributed by atoms with Gasteiger partial charge in [-0.2, -0.15) is 4.31 Å². The monoisotopic (exact) mass is 647 g/mol. The molecule has 1 amide bonds. The van der Waals surface area contributed by atoms with Gasteiger partial charge in [0.1, 0.15) is 11.8 Å². The third-order valence-corrected chi connectivity index (χ3v) is 9.43. The first-order chi connectivity index (χ1) is 21.5. The zero-order valence-corrected chi connectivity index (χ0v) is 25.9. The number of sulfonamides is 1. The lowest BCUT2D eigenvalue weighted by molar-refractivity contribution is -0.384. The van der Waals surface area contributed by atoms with Gasteiger partial charge in [0.2, 0.25) is 15.9 Å². The summed E-state index contributed by atoms with van der Waals surface area (Å²) >= 11 is 6.18. The molecule has 45 heavy (non-hydrogen) atoms. The zero-order chi connectivity index (χ0) is 32.3. The lowest BCUT2D eigenvalue weighted by Crippen LogP contribution is -2.48. The van der Waals surface area contributed by atoms with E-state index in [2.05, 4.69) is 5.32 Å². The topological polar surface area (TPSA) is 136 Å². The molecule has 4 unspecified atom stereocenters. The Morgan fingerprint density at radius 1 is 0.911 bits per heavy atom. The van der Waals surface area contributed by atoms with Crippen molar-refractivity contribution in [1.29, 1.82) is 0 Å². The van der Waals surface area contributed by atoms with E-state index in [1.54, 1.807) is 86.0 Å². The second-order valence-electron chi connectivity index (χ2n) is 10.7. The molecule has 4 aromatic rings. The van der Waals surface area contributed by atoms with Crippen LogP contribution in [0.4, 0.5) is 5.69 Å². The number of nitrogens with one attached hydrogen (secondary N) is 1. The first-order valence-electron chi connectivity index (χ1n) is 14.0. The summed E-state index contributed by atoms with van der Waals surface area (Å²) in [6.07, 6.45) is 1.00. The van der Waals surface area contributed by atoms with Crippen LogP contribution in [0.3, 0.4) is 0 Å². The number of non-ortho nitro benzene ring substituents is 1. The van der Waals surface area contributed by atoms with Gasteiger partial charge < -0.3 is 10.1 Å². The predicted molar refractivity (Wildman–Crippen MR) is 170 cm³/mol. The van der Waals surface area contributed by atoms with Gasteiger partial charge in [-0.1, -0.05) is 78.3 Å². The van der Waals surface area contributed by atoms with Crippen LogP contribution >= 0.6 is 11.6 Å². The molecule has 5 rings (SSSR count). The summed E-state index contributed by atoms with van der Waals surface area (Å²) in [6, 6.07) is 25.0. The molecular weight excluding hydrogens is 618 g/mol. The average molecular weight is 648 g/mol. The molecule has 0 aromatic heterocycles. The van der Waals surface area contributed by atoms with Crippen molar-refractivity contribution in [1.82, 2.24) is 9.62 Å². The summed E-state index contributed by atoms with van der Waals surface area (Å²) in [4.78, 5) is 39.5. The van der Waals surface area contributed by atoms with Gasteiger partial charge in [0.15, 0.2) is 5.78 Å². The fourth-order valence-electron chi connectivity index (χ4n) is 5.93. The molecule has 232 valence electrons. The standard InChI is InChI=1S/C33H30ClN3O7S/c1-44-27-18-8-21(9-19-27)20-35-33(39)31-28(22-12-16-26(17-13-22)37(40)41)29(32(38)24-6-4-3-5-7-24)30(36(31)45(2,42)43)23-10-14-25(34)15-11-23/h3-19,28-31H,20H2,1-2H3,(H,35,39). The van der Waals surface area contributed by atoms with Crippen LogP contribution in [0.15, 0.2) is 103 Å². The zero-order valence-electron chi connectivity index (χ0n) is 24.4. The number of hydrogen-bond acceptors (Lipinski definition) is 7. The highest BCUT2D eigenvalue weighted by atomic mass is 35.5. The van der Waals surface area contributed by atoms with Crippen LogP contribution in [-0.2, 0) is 21.4 Å². The number of nitro groups is 1. The highest BCUT2D eigenvalue weighted by Gasteiger charge is 2.58. The Kier molecular flexibility index (Phi) is 9.33. The fourth-order valence-corrected chi connectivity index (χ4v) is 7.37.